The van der Waals surface area contributed by atoms with Crippen LogP contribution in [0.1, 0.15) is 5.76 Å². The van der Waals surface area contributed by atoms with Gasteiger partial charge in [-0.1, -0.05) is 18.2 Å². The molecule has 94 valence electrons. The Bertz CT molecular complexity index is 645. The van der Waals surface area contributed by atoms with Crippen LogP contribution in [-0.4, -0.2) is 11.8 Å². The van der Waals surface area contributed by atoms with Gasteiger partial charge in [-0.05, 0) is 30.3 Å². The Morgan fingerprint density at radius 1 is 1.05 bits per heavy atom. The number of hydrazine groups is 1. The van der Waals surface area contributed by atoms with Gasteiger partial charge in [-0.15, -0.1) is 0 Å². The molecule has 0 bridgehead atoms. The number of nitrogens with one attached hydrogen (secondary N) is 1. The van der Waals surface area contributed by atoms with Gasteiger partial charge >= 0.3 is 0 Å². The molecule has 2 amide bonds. The molecule has 1 fully saturated rings. The van der Waals surface area contributed by atoms with E-state index in [4.69, 9.17) is 4.42 Å². The smallest absolute Gasteiger partial charge is 0.282 e. The monoisotopic (exact) mass is 254 g/mol. The summed E-state index contributed by atoms with van der Waals surface area (Å²) in [4.78, 5) is 24.0. The van der Waals surface area contributed by atoms with Gasteiger partial charge in [-0.2, -0.15) is 0 Å². The van der Waals surface area contributed by atoms with Gasteiger partial charge in [-0.3, -0.25) is 15.0 Å². The Morgan fingerprint density at radius 3 is 2.53 bits per heavy atom. The Labute approximate surface area is 109 Å². The van der Waals surface area contributed by atoms with Crippen LogP contribution in [0, 0.1) is 0 Å². The summed E-state index contributed by atoms with van der Waals surface area (Å²) in [5, 5.41) is 1.22. The van der Waals surface area contributed by atoms with Gasteiger partial charge in [0, 0.05) is 0 Å². The number of amides is 2. The molecular formula is C14H10N2O3. The van der Waals surface area contributed by atoms with E-state index in [9.17, 15) is 9.59 Å². The van der Waals surface area contributed by atoms with Gasteiger partial charge in [0.25, 0.3) is 11.8 Å². The number of benzene rings is 1. The second-order valence-corrected chi connectivity index (χ2v) is 3.99. The predicted molar refractivity (Wildman–Crippen MR) is 68.8 cm³/mol. The Hall–Kier alpha value is -2.82. The maximum Gasteiger partial charge on any atom is 0.282 e. The van der Waals surface area contributed by atoms with E-state index in [0.717, 1.165) is 0 Å². The number of carbonyl (C=O) groups is 2. The number of hydrogen-bond donors (Lipinski definition) is 1. The number of furan rings is 1. The number of anilines is 1. The molecule has 5 heteroatoms. The summed E-state index contributed by atoms with van der Waals surface area (Å²) in [6.07, 6.45) is 2.92. The fourth-order valence-corrected chi connectivity index (χ4v) is 1.83. The summed E-state index contributed by atoms with van der Waals surface area (Å²) >= 11 is 0. The molecule has 0 radical (unpaired) electrons. The van der Waals surface area contributed by atoms with Crippen LogP contribution in [0.4, 0.5) is 5.69 Å². The standard InChI is InChI=1S/C14H10N2O3/c17-13-12(9-11-7-4-8-19-11)14(18)16(15-13)10-5-2-1-3-6-10/h1-9H,(H,15,17)/b12-9-. The molecular weight excluding hydrogens is 244 g/mol. The van der Waals surface area contributed by atoms with Crippen molar-refractivity contribution >= 4 is 23.6 Å². The van der Waals surface area contributed by atoms with E-state index in [2.05, 4.69) is 5.43 Å². The third-order valence-corrected chi connectivity index (χ3v) is 2.74. The van der Waals surface area contributed by atoms with E-state index >= 15 is 0 Å². The highest BCUT2D eigenvalue weighted by Crippen LogP contribution is 2.20. The highest BCUT2D eigenvalue weighted by molar-refractivity contribution is 6.31. The number of para-hydroxylation sites is 1. The SMILES string of the molecule is O=C1NN(c2ccccc2)C(=O)/C1=C\c1ccco1. The van der Waals surface area contributed by atoms with Gasteiger partial charge in [0.1, 0.15) is 11.3 Å². The van der Waals surface area contributed by atoms with Gasteiger partial charge in [-0.25, -0.2) is 5.01 Å². The molecule has 1 aliphatic heterocycles. The molecule has 2 heterocycles. The third-order valence-electron chi connectivity index (χ3n) is 2.74. The molecule has 1 N–H and O–H groups in total. The van der Waals surface area contributed by atoms with E-state index in [-0.39, 0.29) is 5.57 Å². The van der Waals surface area contributed by atoms with Gasteiger partial charge in [0.05, 0.1) is 12.0 Å². The molecule has 1 saturated heterocycles. The summed E-state index contributed by atoms with van der Waals surface area (Å²) in [7, 11) is 0. The van der Waals surface area contributed by atoms with Crippen LogP contribution in [-0.2, 0) is 9.59 Å². The maximum atomic E-state index is 12.2. The second kappa shape index (κ2) is 4.45. The maximum absolute atomic E-state index is 12.2. The van der Waals surface area contributed by atoms with Crippen molar-refractivity contribution in [3.05, 3.63) is 60.1 Å². The van der Waals surface area contributed by atoms with Crippen LogP contribution >= 0.6 is 0 Å². The summed E-state index contributed by atoms with van der Waals surface area (Å²) in [6.45, 7) is 0. The van der Waals surface area contributed by atoms with Crippen molar-refractivity contribution in [2.45, 2.75) is 0 Å². The number of hydrogen-bond acceptors (Lipinski definition) is 3. The first-order chi connectivity index (χ1) is 9.25. The largest absolute Gasteiger partial charge is 0.465 e. The molecule has 1 aliphatic rings. The molecule has 1 aromatic carbocycles. The summed E-state index contributed by atoms with van der Waals surface area (Å²) < 4.78 is 5.11. The molecule has 0 aliphatic carbocycles. The molecule has 19 heavy (non-hydrogen) atoms. The van der Waals surface area contributed by atoms with Crippen LogP contribution in [0.3, 0.4) is 0 Å². The minimum absolute atomic E-state index is 0.0544. The van der Waals surface area contributed by atoms with Crippen molar-refractivity contribution in [2.24, 2.45) is 0 Å². The predicted octanol–water partition coefficient (Wildman–Crippen LogP) is 1.74. The van der Waals surface area contributed by atoms with E-state index in [1.165, 1.54) is 17.3 Å². The number of rotatable bonds is 2. The van der Waals surface area contributed by atoms with Crippen molar-refractivity contribution in [2.75, 3.05) is 5.01 Å². The molecule has 3 rings (SSSR count). The van der Waals surface area contributed by atoms with Crippen LogP contribution in [0.25, 0.3) is 6.08 Å². The topological polar surface area (TPSA) is 62.6 Å². The first-order valence-electron chi connectivity index (χ1n) is 5.71. The van der Waals surface area contributed by atoms with Crippen molar-refractivity contribution in [3.8, 4) is 0 Å². The zero-order chi connectivity index (χ0) is 13.2. The molecule has 0 spiro atoms. The van der Waals surface area contributed by atoms with Gasteiger partial charge < -0.3 is 4.42 Å². The average molecular weight is 254 g/mol. The highest BCUT2D eigenvalue weighted by Gasteiger charge is 2.34. The van der Waals surface area contributed by atoms with Crippen LogP contribution in [0.2, 0.25) is 0 Å². The van der Waals surface area contributed by atoms with Crippen molar-refractivity contribution in [1.82, 2.24) is 5.43 Å². The minimum Gasteiger partial charge on any atom is -0.465 e. The van der Waals surface area contributed by atoms with E-state index in [0.29, 0.717) is 11.4 Å². The van der Waals surface area contributed by atoms with Crippen molar-refractivity contribution in [1.29, 1.82) is 0 Å². The average Bonchev–Trinajstić information content (AvgIpc) is 3.03. The van der Waals surface area contributed by atoms with E-state index < -0.39 is 11.8 Å². The Kier molecular flexibility index (Phi) is 2.64. The molecule has 2 aromatic rings. The molecule has 5 nitrogen and oxygen atoms in total. The summed E-state index contributed by atoms with van der Waals surface area (Å²) in [6, 6.07) is 12.3. The van der Waals surface area contributed by atoms with Crippen molar-refractivity contribution < 1.29 is 14.0 Å². The van der Waals surface area contributed by atoms with Crippen molar-refractivity contribution in [3.63, 3.8) is 0 Å². The Morgan fingerprint density at radius 2 is 1.84 bits per heavy atom. The second-order valence-electron chi connectivity index (χ2n) is 3.99. The normalized spacial score (nSPS) is 17.1. The third kappa shape index (κ3) is 2.01. The molecule has 0 unspecified atom stereocenters. The fourth-order valence-electron chi connectivity index (χ4n) is 1.83. The zero-order valence-electron chi connectivity index (χ0n) is 9.87. The summed E-state index contributed by atoms with van der Waals surface area (Å²) in [5.41, 5.74) is 3.19. The first-order valence-corrected chi connectivity index (χ1v) is 5.71. The Balaban J connectivity index is 1.94. The molecule has 0 saturated carbocycles. The lowest BCUT2D eigenvalue weighted by Crippen LogP contribution is -2.35. The lowest BCUT2D eigenvalue weighted by molar-refractivity contribution is -0.117. The minimum atomic E-state index is -0.440. The number of carbonyl (C=O) groups excluding carboxylic acids is 2. The summed E-state index contributed by atoms with van der Waals surface area (Å²) in [5.74, 6) is -0.369. The first kappa shape index (κ1) is 11.3. The zero-order valence-corrected chi connectivity index (χ0v) is 9.87. The lowest BCUT2D eigenvalue weighted by atomic mass is 10.2. The van der Waals surface area contributed by atoms with Gasteiger partial charge in [0.15, 0.2) is 0 Å². The van der Waals surface area contributed by atoms with E-state index in [1.54, 1.807) is 36.4 Å². The molecule has 0 atom stereocenters. The van der Waals surface area contributed by atoms with Gasteiger partial charge in [0.2, 0.25) is 0 Å². The number of nitrogens with zero attached hydrogens (tertiary/aromatic N) is 1. The van der Waals surface area contributed by atoms with Crippen LogP contribution in [0.5, 0.6) is 0 Å². The highest BCUT2D eigenvalue weighted by atomic mass is 16.3. The lowest BCUT2D eigenvalue weighted by Gasteiger charge is -2.13. The van der Waals surface area contributed by atoms with Crippen LogP contribution in [0.15, 0.2) is 58.7 Å². The van der Waals surface area contributed by atoms with E-state index in [1.807, 2.05) is 6.07 Å². The quantitative estimate of drug-likeness (QED) is 0.656. The fraction of sp³-hybridized carbons (Fsp3) is 0. The van der Waals surface area contributed by atoms with Crippen LogP contribution < -0.4 is 10.4 Å². The molecule has 1 aromatic heterocycles.